The molecule has 3 aromatic carbocycles. The first-order valence-corrected chi connectivity index (χ1v) is 11.2. The van der Waals surface area contributed by atoms with Gasteiger partial charge in [0.2, 0.25) is 5.95 Å². The van der Waals surface area contributed by atoms with Crippen LogP contribution in [0.2, 0.25) is 0 Å². The molecule has 2 heterocycles. The van der Waals surface area contributed by atoms with E-state index in [1.165, 1.54) is 6.33 Å². The number of hydrogen-bond donors (Lipinski definition) is 2. The van der Waals surface area contributed by atoms with E-state index in [2.05, 4.69) is 20.7 Å². The molecule has 0 saturated carbocycles. The summed E-state index contributed by atoms with van der Waals surface area (Å²) in [5, 5.41) is 10.6. The first-order valence-electron chi connectivity index (χ1n) is 11.2. The third-order valence-electron chi connectivity index (χ3n) is 5.82. The molecule has 0 saturated heterocycles. The van der Waals surface area contributed by atoms with Gasteiger partial charge in [-0.25, -0.2) is 4.68 Å². The fraction of sp³-hybridized carbons (Fsp3) is 0.148. The van der Waals surface area contributed by atoms with Gasteiger partial charge in [-0.3, -0.25) is 4.79 Å². The number of carbonyl (C=O) groups is 1. The van der Waals surface area contributed by atoms with Gasteiger partial charge in [0.25, 0.3) is 5.91 Å². The molecule has 1 atom stereocenters. The van der Waals surface area contributed by atoms with Crippen molar-refractivity contribution in [1.82, 2.24) is 14.8 Å². The number of ether oxygens (including phenoxy) is 2. The predicted molar refractivity (Wildman–Crippen MR) is 133 cm³/mol. The molecule has 0 aliphatic carbocycles. The Labute approximate surface area is 203 Å². The van der Waals surface area contributed by atoms with Crippen LogP contribution in [0, 0.1) is 0 Å². The molecule has 2 N–H and O–H groups in total. The first kappa shape index (κ1) is 22.2. The number of fused-ring (bicyclic) bond motifs is 1. The van der Waals surface area contributed by atoms with Crippen molar-refractivity contribution in [3.05, 3.63) is 108 Å². The molecule has 0 radical (unpaired) electrons. The minimum atomic E-state index is -0.585. The molecule has 5 rings (SSSR count). The lowest BCUT2D eigenvalue weighted by molar-refractivity contribution is -0.113. The summed E-state index contributed by atoms with van der Waals surface area (Å²) in [6.45, 7) is 2.20. The van der Waals surface area contributed by atoms with Crippen molar-refractivity contribution in [2.75, 3.05) is 17.7 Å². The van der Waals surface area contributed by atoms with Gasteiger partial charge in [-0.15, -0.1) is 0 Å². The average Bonchev–Trinajstić information content (AvgIpc) is 3.35. The number of nitrogens with zero attached hydrogens (tertiary/aromatic N) is 3. The summed E-state index contributed by atoms with van der Waals surface area (Å²) < 4.78 is 13.7. The van der Waals surface area contributed by atoms with E-state index in [1.54, 1.807) is 11.8 Å². The van der Waals surface area contributed by atoms with Gasteiger partial charge >= 0.3 is 0 Å². The number of benzene rings is 3. The lowest BCUT2D eigenvalue weighted by Crippen LogP contribution is -2.31. The number of anilines is 2. The molecule has 0 fully saturated rings. The average molecular weight is 468 g/mol. The quantitative estimate of drug-likeness (QED) is 0.406. The van der Waals surface area contributed by atoms with Crippen molar-refractivity contribution in [2.24, 2.45) is 0 Å². The van der Waals surface area contributed by atoms with E-state index >= 15 is 0 Å². The van der Waals surface area contributed by atoms with Crippen molar-refractivity contribution in [3.8, 4) is 11.5 Å². The first-order chi connectivity index (χ1) is 17.2. The molecule has 1 unspecified atom stereocenters. The van der Waals surface area contributed by atoms with Crippen LogP contribution < -0.4 is 20.1 Å². The summed E-state index contributed by atoms with van der Waals surface area (Å²) >= 11 is 0. The van der Waals surface area contributed by atoms with E-state index in [1.807, 2.05) is 85.8 Å². The Hall–Kier alpha value is -4.59. The monoisotopic (exact) mass is 467 g/mol. The molecule has 176 valence electrons. The number of amides is 1. The van der Waals surface area contributed by atoms with E-state index in [0.29, 0.717) is 41.0 Å². The van der Waals surface area contributed by atoms with Crippen molar-refractivity contribution in [3.63, 3.8) is 0 Å². The van der Waals surface area contributed by atoms with Crippen LogP contribution in [0.3, 0.4) is 0 Å². The Morgan fingerprint density at radius 1 is 1.03 bits per heavy atom. The molecule has 8 nitrogen and oxygen atoms in total. The minimum Gasteiger partial charge on any atom is -0.493 e. The van der Waals surface area contributed by atoms with Crippen LogP contribution in [0.5, 0.6) is 11.5 Å². The van der Waals surface area contributed by atoms with Crippen LogP contribution in [0.25, 0.3) is 0 Å². The van der Waals surface area contributed by atoms with Crippen LogP contribution in [0.4, 0.5) is 11.6 Å². The number of rotatable bonds is 7. The fourth-order valence-corrected chi connectivity index (χ4v) is 4.19. The Morgan fingerprint density at radius 3 is 2.51 bits per heavy atom. The van der Waals surface area contributed by atoms with E-state index in [0.717, 1.165) is 11.1 Å². The number of carbonyl (C=O) groups excluding carboxylic acids is 1. The molecule has 1 aromatic heterocycles. The van der Waals surface area contributed by atoms with E-state index in [9.17, 15) is 4.79 Å². The topological polar surface area (TPSA) is 90.3 Å². The summed E-state index contributed by atoms with van der Waals surface area (Å²) in [7, 11) is 1.60. The largest absolute Gasteiger partial charge is 0.493 e. The molecule has 0 spiro atoms. The van der Waals surface area contributed by atoms with Gasteiger partial charge in [0.05, 0.1) is 12.7 Å². The number of hydrogen-bond acceptors (Lipinski definition) is 6. The highest BCUT2D eigenvalue weighted by Crippen LogP contribution is 2.43. The van der Waals surface area contributed by atoms with Gasteiger partial charge < -0.3 is 20.1 Å². The molecular formula is C27H25N5O3. The third kappa shape index (κ3) is 4.46. The molecule has 35 heavy (non-hydrogen) atoms. The Morgan fingerprint density at radius 2 is 1.77 bits per heavy atom. The Kier molecular flexibility index (Phi) is 6.17. The summed E-state index contributed by atoms with van der Waals surface area (Å²) in [5.41, 5.74) is 3.65. The number of allylic oxidation sites excluding steroid dienone is 1. The number of nitrogens with one attached hydrogen (secondary N) is 2. The highest BCUT2D eigenvalue weighted by atomic mass is 16.5. The van der Waals surface area contributed by atoms with Crippen LogP contribution in [0.15, 0.2) is 96.5 Å². The molecule has 1 amide bonds. The maximum absolute atomic E-state index is 13.6. The smallest absolute Gasteiger partial charge is 0.255 e. The van der Waals surface area contributed by atoms with Gasteiger partial charge in [0.1, 0.15) is 19.0 Å². The van der Waals surface area contributed by atoms with Crippen LogP contribution in [-0.4, -0.2) is 27.8 Å². The zero-order valence-corrected chi connectivity index (χ0v) is 19.4. The SMILES string of the molecule is COc1cccc(C2C(C(=O)Nc3ccccc3)=C(C)Nc3ncnn32)c1OCc1ccccc1. The van der Waals surface area contributed by atoms with E-state index < -0.39 is 6.04 Å². The number of para-hydroxylation sites is 2. The second-order valence-electron chi connectivity index (χ2n) is 8.07. The maximum Gasteiger partial charge on any atom is 0.255 e. The van der Waals surface area contributed by atoms with Gasteiger partial charge in [-0.05, 0) is 30.7 Å². The van der Waals surface area contributed by atoms with Crippen LogP contribution in [0.1, 0.15) is 24.1 Å². The summed E-state index contributed by atoms with van der Waals surface area (Å²) in [6, 6.07) is 24.3. The zero-order chi connectivity index (χ0) is 24.2. The number of aromatic nitrogens is 3. The summed E-state index contributed by atoms with van der Waals surface area (Å²) in [5.74, 6) is 1.41. The maximum atomic E-state index is 13.6. The van der Waals surface area contributed by atoms with Crippen molar-refractivity contribution in [1.29, 1.82) is 0 Å². The van der Waals surface area contributed by atoms with Gasteiger partial charge in [0.15, 0.2) is 11.5 Å². The Bertz CT molecular complexity index is 1370. The number of methoxy groups -OCH3 is 1. The zero-order valence-electron chi connectivity index (χ0n) is 19.4. The molecule has 4 aromatic rings. The molecule has 1 aliphatic heterocycles. The normalized spacial score (nSPS) is 14.6. The highest BCUT2D eigenvalue weighted by molar-refractivity contribution is 6.06. The van der Waals surface area contributed by atoms with Crippen molar-refractivity contribution < 1.29 is 14.3 Å². The lowest BCUT2D eigenvalue weighted by Gasteiger charge is -2.30. The van der Waals surface area contributed by atoms with Crippen molar-refractivity contribution >= 4 is 17.5 Å². The van der Waals surface area contributed by atoms with E-state index in [-0.39, 0.29) is 5.91 Å². The standard InChI is InChI=1S/C27H25N5O3/c1-18-23(26(33)31-20-12-7-4-8-13-20)24(32-27(30-18)28-17-29-32)21-14-9-15-22(34-2)25(21)35-16-19-10-5-3-6-11-19/h3-15,17,24H,16H2,1-2H3,(H,31,33)(H,28,29,30). The molecule has 0 bridgehead atoms. The fourth-order valence-electron chi connectivity index (χ4n) is 4.19. The summed E-state index contributed by atoms with van der Waals surface area (Å²) in [6.07, 6.45) is 1.46. The second kappa shape index (κ2) is 9.72. The molecular weight excluding hydrogens is 442 g/mol. The van der Waals surface area contributed by atoms with Gasteiger partial charge in [-0.2, -0.15) is 10.1 Å². The molecule has 1 aliphatic rings. The van der Waals surface area contributed by atoms with Gasteiger partial charge in [0, 0.05) is 16.9 Å². The third-order valence-corrected chi connectivity index (χ3v) is 5.82. The van der Waals surface area contributed by atoms with Crippen molar-refractivity contribution in [2.45, 2.75) is 19.6 Å². The predicted octanol–water partition coefficient (Wildman–Crippen LogP) is 4.79. The minimum absolute atomic E-state index is 0.246. The van der Waals surface area contributed by atoms with Crippen LogP contribution in [-0.2, 0) is 11.4 Å². The van der Waals surface area contributed by atoms with Gasteiger partial charge in [-0.1, -0.05) is 60.7 Å². The molecule has 8 heteroatoms. The lowest BCUT2D eigenvalue weighted by atomic mass is 9.94. The summed E-state index contributed by atoms with van der Waals surface area (Å²) in [4.78, 5) is 17.9. The van der Waals surface area contributed by atoms with E-state index in [4.69, 9.17) is 9.47 Å². The second-order valence-corrected chi connectivity index (χ2v) is 8.07. The highest BCUT2D eigenvalue weighted by Gasteiger charge is 2.36. The van der Waals surface area contributed by atoms with Crippen LogP contribution >= 0.6 is 0 Å². The Balaban J connectivity index is 1.58.